The first-order chi connectivity index (χ1) is 7.64. The Morgan fingerprint density at radius 1 is 1.44 bits per heavy atom. The Kier molecular flexibility index (Phi) is 3.03. The second kappa shape index (κ2) is 4.32. The SMILES string of the molecule is COC(=O)OC1=CC2=CCCCC2(C)CC1. The summed E-state index contributed by atoms with van der Waals surface area (Å²) in [5.74, 6) is 0.734. The van der Waals surface area contributed by atoms with Crippen LogP contribution in [-0.4, -0.2) is 13.3 Å². The zero-order valence-corrected chi connectivity index (χ0v) is 9.91. The van der Waals surface area contributed by atoms with E-state index in [9.17, 15) is 4.79 Å². The van der Waals surface area contributed by atoms with E-state index in [1.807, 2.05) is 6.08 Å². The van der Waals surface area contributed by atoms with Crippen LogP contribution in [0.4, 0.5) is 4.79 Å². The quantitative estimate of drug-likeness (QED) is 0.636. The van der Waals surface area contributed by atoms with Gasteiger partial charge in [0.2, 0.25) is 0 Å². The molecule has 3 heteroatoms. The van der Waals surface area contributed by atoms with Gasteiger partial charge in [-0.05, 0) is 42.7 Å². The smallest absolute Gasteiger partial charge is 0.437 e. The lowest BCUT2D eigenvalue weighted by Crippen LogP contribution is -2.25. The Morgan fingerprint density at radius 2 is 2.25 bits per heavy atom. The fourth-order valence-corrected chi connectivity index (χ4v) is 2.52. The van der Waals surface area contributed by atoms with Crippen LogP contribution in [0.1, 0.15) is 39.0 Å². The fourth-order valence-electron chi connectivity index (χ4n) is 2.52. The van der Waals surface area contributed by atoms with E-state index in [0.717, 1.165) is 25.0 Å². The predicted octanol–water partition coefficient (Wildman–Crippen LogP) is 3.56. The maximum atomic E-state index is 11.0. The van der Waals surface area contributed by atoms with E-state index in [-0.39, 0.29) is 0 Å². The summed E-state index contributed by atoms with van der Waals surface area (Å²) in [7, 11) is 1.33. The van der Waals surface area contributed by atoms with E-state index in [1.165, 1.54) is 25.5 Å². The molecule has 0 spiro atoms. The second-order valence-corrected chi connectivity index (χ2v) is 4.78. The Morgan fingerprint density at radius 3 is 3.00 bits per heavy atom. The van der Waals surface area contributed by atoms with E-state index in [1.54, 1.807) is 0 Å². The largest absolute Gasteiger partial charge is 0.513 e. The molecule has 2 aliphatic rings. The van der Waals surface area contributed by atoms with Crippen molar-refractivity contribution in [3.63, 3.8) is 0 Å². The van der Waals surface area contributed by atoms with Crippen LogP contribution in [0.2, 0.25) is 0 Å². The normalized spacial score (nSPS) is 28.6. The lowest BCUT2D eigenvalue weighted by molar-refractivity contribution is 0.0912. The number of fused-ring (bicyclic) bond motifs is 1. The van der Waals surface area contributed by atoms with Crippen LogP contribution >= 0.6 is 0 Å². The van der Waals surface area contributed by atoms with E-state index in [4.69, 9.17) is 4.74 Å². The molecule has 0 amide bonds. The van der Waals surface area contributed by atoms with Crippen LogP contribution in [-0.2, 0) is 9.47 Å². The molecule has 0 saturated heterocycles. The van der Waals surface area contributed by atoms with Crippen molar-refractivity contribution in [3.05, 3.63) is 23.5 Å². The van der Waals surface area contributed by atoms with Gasteiger partial charge in [0, 0.05) is 6.42 Å². The monoisotopic (exact) mass is 222 g/mol. The molecule has 3 nitrogen and oxygen atoms in total. The van der Waals surface area contributed by atoms with Gasteiger partial charge in [0.25, 0.3) is 0 Å². The molecular weight excluding hydrogens is 204 g/mol. The molecule has 0 fully saturated rings. The molecule has 0 radical (unpaired) electrons. The number of carbonyl (C=O) groups is 1. The number of ether oxygens (including phenoxy) is 2. The van der Waals surface area contributed by atoms with Gasteiger partial charge < -0.3 is 9.47 Å². The molecule has 0 aromatic heterocycles. The highest BCUT2D eigenvalue weighted by Crippen LogP contribution is 2.46. The number of allylic oxidation sites excluding steroid dienone is 4. The minimum atomic E-state index is -0.619. The molecule has 0 heterocycles. The van der Waals surface area contributed by atoms with Gasteiger partial charge >= 0.3 is 6.16 Å². The van der Waals surface area contributed by atoms with Gasteiger partial charge in [-0.1, -0.05) is 13.0 Å². The fraction of sp³-hybridized carbons (Fsp3) is 0.615. The molecule has 1 atom stereocenters. The molecule has 0 aromatic rings. The van der Waals surface area contributed by atoms with Gasteiger partial charge in [-0.2, -0.15) is 0 Å². The zero-order valence-electron chi connectivity index (χ0n) is 9.91. The van der Waals surface area contributed by atoms with Crippen LogP contribution in [0.25, 0.3) is 0 Å². The first-order valence-electron chi connectivity index (χ1n) is 5.81. The van der Waals surface area contributed by atoms with Crippen LogP contribution in [0.15, 0.2) is 23.5 Å². The molecule has 0 bridgehead atoms. The van der Waals surface area contributed by atoms with E-state index < -0.39 is 6.16 Å². The van der Waals surface area contributed by atoms with Gasteiger partial charge in [-0.25, -0.2) is 4.79 Å². The van der Waals surface area contributed by atoms with Crippen LogP contribution < -0.4 is 0 Å². The average molecular weight is 222 g/mol. The molecule has 0 N–H and O–H groups in total. The summed E-state index contributed by atoms with van der Waals surface area (Å²) in [6.07, 6.45) is 9.17. The van der Waals surface area contributed by atoms with Gasteiger partial charge in [0.1, 0.15) is 5.76 Å². The van der Waals surface area contributed by atoms with Crippen molar-refractivity contribution in [2.75, 3.05) is 7.11 Å². The van der Waals surface area contributed by atoms with Crippen molar-refractivity contribution in [1.82, 2.24) is 0 Å². The van der Waals surface area contributed by atoms with Crippen molar-refractivity contribution in [3.8, 4) is 0 Å². The van der Waals surface area contributed by atoms with Crippen LogP contribution in [0, 0.1) is 5.41 Å². The van der Waals surface area contributed by atoms with Gasteiger partial charge in [0.05, 0.1) is 7.11 Å². The van der Waals surface area contributed by atoms with Crippen LogP contribution in [0.3, 0.4) is 0 Å². The average Bonchev–Trinajstić information content (AvgIpc) is 2.29. The maximum absolute atomic E-state index is 11.0. The lowest BCUT2D eigenvalue weighted by atomic mass is 9.68. The highest BCUT2D eigenvalue weighted by atomic mass is 16.7. The standard InChI is InChI=1S/C13H18O3/c1-13-7-4-3-5-10(13)9-11(6-8-13)16-12(14)15-2/h5,9H,3-4,6-8H2,1-2H3. The number of hydrogen-bond donors (Lipinski definition) is 0. The number of rotatable bonds is 1. The first kappa shape index (κ1) is 11.2. The Bertz CT molecular complexity index is 354. The third kappa shape index (κ3) is 2.13. The van der Waals surface area contributed by atoms with Crippen molar-refractivity contribution < 1.29 is 14.3 Å². The van der Waals surface area contributed by atoms with E-state index in [0.29, 0.717) is 5.41 Å². The molecular formula is C13H18O3. The Hall–Kier alpha value is -1.25. The summed E-state index contributed by atoms with van der Waals surface area (Å²) in [4.78, 5) is 11.0. The summed E-state index contributed by atoms with van der Waals surface area (Å²) in [5, 5.41) is 0. The molecule has 2 rings (SSSR count). The second-order valence-electron chi connectivity index (χ2n) is 4.78. The topological polar surface area (TPSA) is 35.5 Å². The molecule has 1 unspecified atom stereocenters. The number of hydrogen-bond acceptors (Lipinski definition) is 3. The number of carbonyl (C=O) groups excluding carboxylic acids is 1. The van der Waals surface area contributed by atoms with Gasteiger partial charge in [-0.15, -0.1) is 0 Å². The summed E-state index contributed by atoms with van der Waals surface area (Å²) >= 11 is 0. The van der Waals surface area contributed by atoms with E-state index in [2.05, 4.69) is 17.7 Å². The Balaban J connectivity index is 2.14. The van der Waals surface area contributed by atoms with Crippen molar-refractivity contribution in [2.45, 2.75) is 39.0 Å². The molecule has 88 valence electrons. The minimum Gasteiger partial charge on any atom is -0.437 e. The summed E-state index contributed by atoms with van der Waals surface area (Å²) in [5.41, 5.74) is 1.62. The molecule has 0 aliphatic heterocycles. The van der Waals surface area contributed by atoms with Gasteiger partial charge in [-0.3, -0.25) is 0 Å². The van der Waals surface area contributed by atoms with Crippen molar-refractivity contribution in [2.24, 2.45) is 5.41 Å². The Labute approximate surface area is 96.1 Å². The zero-order chi connectivity index (χ0) is 11.6. The highest BCUT2D eigenvalue weighted by molar-refractivity contribution is 5.61. The third-order valence-electron chi connectivity index (χ3n) is 3.61. The number of methoxy groups -OCH3 is 1. The summed E-state index contributed by atoms with van der Waals surface area (Å²) in [6, 6.07) is 0. The maximum Gasteiger partial charge on any atom is 0.513 e. The van der Waals surface area contributed by atoms with E-state index >= 15 is 0 Å². The lowest BCUT2D eigenvalue weighted by Gasteiger charge is -2.37. The molecule has 16 heavy (non-hydrogen) atoms. The van der Waals surface area contributed by atoms with Gasteiger partial charge in [0.15, 0.2) is 0 Å². The van der Waals surface area contributed by atoms with Crippen molar-refractivity contribution >= 4 is 6.16 Å². The molecule has 2 aliphatic carbocycles. The minimum absolute atomic E-state index is 0.293. The summed E-state index contributed by atoms with van der Waals surface area (Å²) in [6.45, 7) is 2.30. The molecule has 0 saturated carbocycles. The first-order valence-corrected chi connectivity index (χ1v) is 5.81. The third-order valence-corrected chi connectivity index (χ3v) is 3.61. The van der Waals surface area contributed by atoms with Crippen molar-refractivity contribution in [1.29, 1.82) is 0 Å². The predicted molar refractivity (Wildman–Crippen MR) is 60.8 cm³/mol. The van der Waals surface area contributed by atoms with Crippen LogP contribution in [0.5, 0.6) is 0 Å². The molecule has 0 aromatic carbocycles. The highest BCUT2D eigenvalue weighted by Gasteiger charge is 2.33. The summed E-state index contributed by atoms with van der Waals surface area (Å²) < 4.78 is 9.59.